The van der Waals surface area contributed by atoms with Gasteiger partial charge in [0.05, 0.1) is 5.69 Å². The smallest absolute Gasteiger partial charge is 0.173 e. The minimum Gasteiger partial charge on any atom is -0.394 e. The number of nitrogens with zero attached hydrogens (tertiary/aromatic N) is 3. The molecule has 1 saturated heterocycles. The van der Waals surface area contributed by atoms with E-state index < -0.39 is 0 Å². The number of nitrogens with two attached hydrogens (primary N) is 1. The molecule has 0 aromatic carbocycles. The fourth-order valence-electron chi connectivity index (χ4n) is 3.53. The highest BCUT2D eigenvalue weighted by atomic mass is 15.3. The fourth-order valence-corrected chi connectivity index (χ4v) is 3.53. The molecular formula is C13H22N4. The van der Waals surface area contributed by atoms with E-state index in [1.807, 2.05) is 17.9 Å². The maximum Gasteiger partial charge on any atom is 0.173 e. The first kappa shape index (κ1) is 10.9. The third-order valence-electron chi connectivity index (χ3n) is 4.43. The molecule has 0 bridgehead atoms. The zero-order valence-electron chi connectivity index (χ0n) is 10.6. The molecule has 0 amide bonds. The van der Waals surface area contributed by atoms with E-state index in [0.717, 1.165) is 36.4 Å². The van der Waals surface area contributed by atoms with Crippen LogP contribution in [0.5, 0.6) is 0 Å². The van der Waals surface area contributed by atoms with E-state index >= 15 is 0 Å². The van der Waals surface area contributed by atoms with Crippen molar-refractivity contribution in [3.63, 3.8) is 0 Å². The number of anilines is 2. The zero-order valence-corrected chi connectivity index (χ0v) is 10.6. The molecule has 3 rings (SSSR count). The lowest BCUT2D eigenvalue weighted by Crippen LogP contribution is -2.42. The topological polar surface area (TPSA) is 47.1 Å². The van der Waals surface area contributed by atoms with Crippen molar-refractivity contribution in [1.29, 1.82) is 0 Å². The number of aryl methyl sites for hydroxylation is 1. The van der Waals surface area contributed by atoms with Gasteiger partial charge in [0.15, 0.2) is 5.82 Å². The van der Waals surface area contributed by atoms with E-state index in [4.69, 9.17) is 5.73 Å². The second kappa shape index (κ2) is 4.24. The zero-order chi connectivity index (χ0) is 11.8. The molecule has 1 saturated carbocycles. The van der Waals surface area contributed by atoms with Crippen LogP contribution in [-0.4, -0.2) is 22.9 Å². The van der Waals surface area contributed by atoms with Gasteiger partial charge in [-0.2, -0.15) is 5.10 Å². The molecule has 1 aromatic heterocycles. The Morgan fingerprint density at radius 1 is 1.24 bits per heavy atom. The Balaban J connectivity index is 1.75. The van der Waals surface area contributed by atoms with Gasteiger partial charge in [0.25, 0.3) is 0 Å². The van der Waals surface area contributed by atoms with Crippen LogP contribution in [0.4, 0.5) is 11.5 Å². The van der Waals surface area contributed by atoms with Gasteiger partial charge in [-0.05, 0) is 24.7 Å². The number of piperidine rings is 1. The van der Waals surface area contributed by atoms with E-state index in [2.05, 4.69) is 10.00 Å². The first-order valence-corrected chi connectivity index (χ1v) is 6.78. The summed E-state index contributed by atoms with van der Waals surface area (Å²) in [6, 6.07) is 0. The Morgan fingerprint density at radius 2 is 2.00 bits per heavy atom. The van der Waals surface area contributed by atoms with Crippen molar-refractivity contribution in [2.75, 3.05) is 23.7 Å². The normalized spacial score (nSPS) is 29.1. The van der Waals surface area contributed by atoms with Gasteiger partial charge in [-0.3, -0.25) is 4.68 Å². The number of hydrogen-bond acceptors (Lipinski definition) is 3. The Bertz CT molecular complexity index is 398. The molecule has 0 spiro atoms. The molecule has 2 aliphatic rings. The molecule has 4 heteroatoms. The summed E-state index contributed by atoms with van der Waals surface area (Å²) in [5.41, 5.74) is 6.84. The van der Waals surface area contributed by atoms with Crippen molar-refractivity contribution in [1.82, 2.24) is 9.78 Å². The summed E-state index contributed by atoms with van der Waals surface area (Å²) in [4.78, 5) is 2.39. The molecule has 94 valence electrons. The van der Waals surface area contributed by atoms with Gasteiger partial charge in [0, 0.05) is 26.3 Å². The van der Waals surface area contributed by atoms with Gasteiger partial charge >= 0.3 is 0 Å². The summed E-state index contributed by atoms with van der Waals surface area (Å²) >= 11 is 0. The average Bonchev–Trinajstić information content (AvgIpc) is 2.68. The lowest BCUT2D eigenvalue weighted by molar-refractivity contribution is 0.202. The molecule has 1 aliphatic heterocycles. The summed E-state index contributed by atoms with van der Waals surface area (Å²) < 4.78 is 1.82. The van der Waals surface area contributed by atoms with Crippen LogP contribution in [0.15, 0.2) is 6.20 Å². The predicted molar refractivity (Wildman–Crippen MR) is 69.9 cm³/mol. The Kier molecular flexibility index (Phi) is 2.73. The SMILES string of the molecule is Cn1cc(N)c(N2CCC3CCCCC3C2)n1. The summed E-state index contributed by atoms with van der Waals surface area (Å²) in [7, 11) is 1.94. The van der Waals surface area contributed by atoms with Crippen molar-refractivity contribution >= 4 is 11.5 Å². The molecule has 2 atom stereocenters. The van der Waals surface area contributed by atoms with Crippen LogP contribution >= 0.6 is 0 Å². The quantitative estimate of drug-likeness (QED) is 0.808. The van der Waals surface area contributed by atoms with Gasteiger partial charge in [0.2, 0.25) is 0 Å². The lowest BCUT2D eigenvalue weighted by Gasteiger charge is -2.41. The molecule has 2 heterocycles. The second-order valence-corrected chi connectivity index (χ2v) is 5.62. The Morgan fingerprint density at radius 3 is 2.71 bits per heavy atom. The van der Waals surface area contributed by atoms with Gasteiger partial charge in [-0.1, -0.05) is 19.3 Å². The van der Waals surface area contributed by atoms with E-state index in [-0.39, 0.29) is 0 Å². The number of fused-ring (bicyclic) bond motifs is 1. The molecule has 2 unspecified atom stereocenters. The Hall–Kier alpha value is -1.19. The van der Waals surface area contributed by atoms with E-state index in [9.17, 15) is 0 Å². The van der Waals surface area contributed by atoms with Gasteiger partial charge < -0.3 is 10.6 Å². The number of aromatic nitrogens is 2. The maximum absolute atomic E-state index is 6.02. The van der Waals surface area contributed by atoms with Crippen LogP contribution in [0.25, 0.3) is 0 Å². The lowest BCUT2D eigenvalue weighted by atomic mass is 9.75. The number of hydrogen-bond donors (Lipinski definition) is 1. The third-order valence-corrected chi connectivity index (χ3v) is 4.43. The molecular weight excluding hydrogens is 212 g/mol. The number of nitrogen functional groups attached to an aromatic ring is 1. The molecule has 1 aliphatic carbocycles. The molecule has 2 fully saturated rings. The molecule has 2 N–H and O–H groups in total. The van der Waals surface area contributed by atoms with Crippen LogP contribution in [0.2, 0.25) is 0 Å². The highest BCUT2D eigenvalue weighted by Gasteiger charge is 2.32. The second-order valence-electron chi connectivity index (χ2n) is 5.62. The summed E-state index contributed by atoms with van der Waals surface area (Å²) in [5, 5.41) is 4.49. The third kappa shape index (κ3) is 2.01. The molecule has 1 aromatic rings. The highest BCUT2D eigenvalue weighted by Crippen LogP contribution is 2.38. The summed E-state index contributed by atoms with van der Waals surface area (Å²) in [6.45, 7) is 2.29. The monoisotopic (exact) mass is 234 g/mol. The van der Waals surface area contributed by atoms with Crippen molar-refractivity contribution in [3.8, 4) is 0 Å². The largest absolute Gasteiger partial charge is 0.394 e. The first-order valence-electron chi connectivity index (χ1n) is 6.78. The van der Waals surface area contributed by atoms with Crippen molar-refractivity contribution in [3.05, 3.63) is 6.20 Å². The fraction of sp³-hybridized carbons (Fsp3) is 0.769. The van der Waals surface area contributed by atoms with Crippen LogP contribution in [0, 0.1) is 11.8 Å². The standard InChI is InChI=1S/C13H22N4/c1-16-9-12(14)13(15-16)17-7-6-10-4-2-3-5-11(10)8-17/h9-11H,2-8,14H2,1H3. The van der Waals surface area contributed by atoms with Crippen LogP contribution in [0.3, 0.4) is 0 Å². The Labute approximate surface area is 103 Å². The van der Waals surface area contributed by atoms with Crippen molar-refractivity contribution < 1.29 is 0 Å². The van der Waals surface area contributed by atoms with E-state index in [1.54, 1.807) is 0 Å². The van der Waals surface area contributed by atoms with Gasteiger partial charge in [-0.15, -0.1) is 0 Å². The van der Waals surface area contributed by atoms with E-state index in [0.29, 0.717) is 0 Å². The van der Waals surface area contributed by atoms with Crippen molar-refractivity contribution in [2.24, 2.45) is 18.9 Å². The summed E-state index contributed by atoms with van der Waals surface area (Å²) in [6.07, 6.45) is 8.91. The van der Waals surface area contributed by atoms with Crippen LogP contribution in [-0.2, 0) is 7.05 Å². The number of rotatable bonds is 1. The summed E-state index contributed by atoms with van der Waals surface area (Å²) in [5.74, 6) is 2.83. The molecule has 0 radical (unpaired) electrons. The highest BCUT2D eigenvalue weighted by molar-refractivity contribution is 5.61. The average molecular weight is 234 g/mol. The minimum atomic E-state index is 0.821. The van der Waals surface area contributed by atoms with E-state index in [1.165, 1.54) is 32.1 Å². The van der Waals surface area contributed by atoms with Crippen molar-refractivity contribution in [2.45, 2.75) is 32.1 Å². The van der Waals surface area contributed by atoms with Crippen LogP contribution in [0.1, 0.15) is 32.1 Å². The minimum absolute atomic E-state index is 0.821. The van der Waals surface area contributed by atoms with Crippen LogP contribution < -0.4 is 10.6 Å². The molecule has 17 heavy (non-hydrogen) atoms. The van der Waals surface area contributed by atoms with Gasteiger partial charge in [-0.25, -0.2) is 0 Å². The predicted octanol–water partition coefficient (Wildman–Crippen LogP) is 2.02. The van der Waals surface area contributed by atoms with Gasteiger partial charge in [0.1, 0.15) is 0 Å². The first-order chi connectivity index (χ1) is 8.24. The maximum atomic E-state index is 6.02. The molecule has 4 nitrogen and oxygen atoms in total.